The Labute approximate surface area is 208 Å². The van der Waals surface area contributed by atoms with Crippen molar-refractivity contribution in [1.29, 1.82) is 0 Å². The van der Waals surface area contributed by atoms with Crippen molar-refractivity contribution in [3.63, 3.8) is 0 Å². The summed E-state index contributed by atoms with van der Waals surface area (Å²) in [5, 5.41) is 3.72. The first kappa shape index (κ1) is 22.9. The van der Waals surface area contributed by atoms with Gasteiger partial charge in [-0.1, -0.05) is 49.0 Å². The molecule has 3 aromatic heterocycles. The van der Waals surface area contributed by atoms with Crippen molar-refractivity contribution in [3.8, 4) is 33.9 Å². The summed E-state index contributed by atoms with van der Waals surface area (Å²) < 4.78 is 11.6. The van der Waals surface area contributed by atoms with Gasteiger partial charge in [0.1, 0.15) is 18.0 Å². The Morgan fingerprint density at radius 1 is 1.00 bits per heavy atom. The summed E-state index contributed by atoms with van der Waals surface area (Å²) in [6.07, 6.45) is 6.63. The number of aromatic amines is 1. The van der Waals surface area contributed by atoms with Crippen molar-refractivity contribution < 1.29 is 14.3 Å². The van der Waals surface area contributed by atoms with Gasteiger partial charge in [0.05, 0.1) is 13.3 Å². The predicted octanol–water partition coefficient (Wildman–Crippen LogP) is 6.00. The molecule has 0 spiro atoms. The molecule has 0 fully saturated rings. The lowest BCUT2D eigenvalue weighted by molar-refractivity contribution is -0.111. The Morgan fingerprint density at radius 3 is 2.67 bits per heavy atom. The molecule has 0 saturated carbocycles. The molecule has 0 aliphatic rings. The highest BCUT2D eigenvalue weighted by molar-refractivity contribution is 6.00. The molecule has 3 heterocycles. The molecule has 1 amide bonds. The summed E-state index contributed by atoms with van der Waals surface area (Å²) in [5.74, 6) is 0.865. The maximum absolute atomic E-state index is 11.7. The van der Waals surface area contributed by atoms with E-state index in [0.29, 0.717) is 23.9 Å². The fourth-order valence-electron chi connectivity index (χ4n) is 3.95. The summed E-state index contributed by atoms with van der Waals surface area (Å²) >= 11 is 0. The zero-order valence-electron chi connectivity index (χ0n) is 19.7. The molecule has 0 saturated heterocycles. The van der Waals surface area contributed by atoms with Crippen LogP contribution in [0.15, 0.2) is 98.0 Å². The Bertz CT molecular complexity index is 1540. The molecule has 7 nitrogen and oxygen atoms in total. The highest BCUT2D eigenvalue weighted by Crippen LogP contribution is 2.38. The van der Waals surface area contributed by atoms with E-state index in [4.69, 9.17) is 9.47 Å². The highest BCUT2D eigenvalue weighted by atomic mass is 16.5. The van der Waals surface area contributed by atoms with E-state index in [-0.39, 0.29) is 5.91 Å². The summed E-state index contributed by atoms with van der Waals surface area (Å²) in [4.78, 5) is 24.0. The number of fused-ring (bicyclic) bond motifs is 1. The molecule has 2 N–H and O–H groups in total. The second-order valence-corrected chi connectivity index (χ2v) is 8.09. The van der Waals surface area contributed by atoms with Gasteiger partial charge >= 0.3 is 0 Å². The van der Waals surface area contributed by atoms with E-state index in [2.05, 4.69) is 32.9 Å². The largest absolute Gasteiger partial charge is 0.487 e. The number of hydrogen-bond acceptors (Lipinski definition) is 5. The van der Waals surface area contributed by atoms with Crippen molar-refractivity contribution in [2.45, 2.75) is 6.61 Å². The van der Waals surface area contributed by atoms with Gasteiger partial charge in [-0.05, 0) is 35.4 Å². The molecular formula is C29H24N4O3. The number of carbonyl (C=O) groups excluding carboxylic acids is 1. The van der Waals surface area contributed by atoms with Crippen LogP contribution < -0.4 is 14.8 Å². The summed E-state index contributed by atoms with van der Waals surface area (Å²) in [6.45, 7) is 3.92. The van der Waals surface area contributed by atoms with Crippen molar-refractivity contribution in [1.82, 2.24) is 15.0 Å². The number of carbonyl (C=O) groups is 1. The van der Waals surface area contributed by atoms with Crippen molar-refractivity contribution in [2.75, 3.05) is 12.4 Å². The molecule has 7 heteroatoms. The molecule has 0 atom stereocenters. The lowest BCUT2D eigenvalue weighted by Gasteiger charge is -2.12. The first-order valence-electron chi connectivity index (χ1n) is 11.4. The van der Waals surface area contributed by atoms with E-state index in [9.17, 15) is 4.79 Å². The Morgan fingerprint density at radius 2 is 1.86 bits per heavy atom. The molecule has 5 rings (SSSR count). The predicted molar refractivity (Wildman–Crippen MR) is 141 cm³/mol. The molecule has 2 aromatic carbocycles. The number of hydrogen-bond donors (Lipinski definition) is 2. The number of ether oxygens (including phenoxy) is 2. The van der Waals surface area contributed by atoms with Gasteiger partial charge in [-0.2, -0.15) is 0 Å². The number of benzene rings is 2. The van der Waals surface area contributed by atoms with E-state index in [1.54, 1.807) is 19.5 Å². The number of nitrogens with zero attached hydrogens (tertiary/aromatic N) is 2. The van der Waals surface area contributed by atoms with Gasteiger partial charge in [0.2, 0.25) is 11.8 Å². The number of rotatable bonds is 8. The second-order valence-electron chi connectivity index (χ2n) is 8.09. The summed E-state index contributed by atoms with van der Waals surface area (Å²) in [5.41, 5.74) is 6.08. The van der Waals surface area contributed by atoms with Crippen LogP contribution in [0.4, 0.5) is 5.69 Å². The van der Waals surface area contributed by atoms with Gasteiger partial charge in [0.15, 0.2) is 0 Å². The zero-order valence-corrected chi connectivity index (χ0v) is 19.7. The molecule has 5 aromatic rings. The topological polar surface area (TPSA) is 89.1 Å². The minimum absolute atomic E-state index is 0.261. The van der Waals surface area contributed by atoms with E-state index >= 15 is 0 Å². The molecule has 36 heavy (non-hydrogen) atoms. The number of anilines is 1. The molecule has 0 radical (unpaired) electrons. The fourth-order valence-corrected chi connectivity index (χ4v) is 3.95. The second kappa shape index (κ2) is 10.1. The number of nitrogens with one attached hydrogen (secondary N) is 2. The monoisotopic (exact) mass is 476 g/mol. The Kier molecular flexibility index (Phi) is 6.44. The van der Waals surface area contributed by atoms with Crippen LogP contribution >= 0.6 is 0 Å². The highest BCUT2D eigenvalue weighted by Gasteiger charge is 2.16. The van der Waals surface area contributed by atoms with Crippen LogP contribution in [0.25, 0.3) is 33.3 Å². The van der Waals surface area contributed by atoms with Gasteiger partial charge < -0.3 is 19.8 Å². The van der Waals surface area contributed by atoms with E-state index in [0.717, 1.165) is 38.9 Å². The standard InChI is InChI=1S/C29H24N4O3/c1-3-27(34)33-22-11-7-10-20(12-22)21-13-24-25(16-32-29(24)31-15-21)23-14-28(35-2)30-17-26(23)36-18-19-8-5-4-6-9-19/h3-17H,1,18H2,2H3,(H,31,32)(H,33,34). The van der Waals surface area contributed by atoms with Gasteiger partial charge in [0.25, 0.3) is 0 Å². The summed E-state index contributed by atoms with van der Waals surface area (Å²) in [7, 11) is 1.59. The number of H-pyrrole nitrogens is 1. The normalized spacial score (nSPS) is 10.7. The van der Waals surface area contributed by atoms with E-state index in [1.165, 1.54) is 6.08 Å². The molecule has 178 valence electrons. The smallest absolute Gasteiger partial charge is 0.247 e. The van der Waals surface area contributed by atoms with Gasteiger partial charge in [-0.3, -0.25) is 4.79 Å². The zero-order chi connectivity index (χ0) is 24.9. The van der Waals surface area contributed by atoms with Crippen LogP contribution in [0, 0.1) is 0 Å². The minimum atomic E-state index is -0.261. The molecule has 0 aliphatic heterocycles. The quantitative estimate of drug-likeness (QED) is 0.268. The molecule has 0 unspecified atom stereocenters. The summed E-state index contributed by atoms with van der Waals surface area (Å²) in [6, 6.07) is 21.5. The fraction of sp³-hybridized carbons (Fsp3) is 0.0690. The van der Waals surface area contributed by atoms with Crippen molar-refractivity contribution in [2.24, 2.45) is 0 Å². The van der Waals surface area contributed by atoms with Crippen molar-refractivity contribution in [3.05, 3.63) is 104 Å². The number of methoxy groups -OCH3 is 1. The van der Waals surface area contributed by atoms with Crippen LogP contribution in [0.1, 0.15) is 5.56 Å². The first-order chi connectivity index (χ1) is 17.6. The van der Waals surface area contributed by atoms with Crippen molar-refractivity contribution >= 4 is 22.6 Å². The number of pyridine rings is 2. The van der Waals surface area contributed by atoms with Crippen LogP contribution in [-0.4, -0.2) is 28.0 Å². The lowest BCUT2D eigenvalue weighted by atomic mass is 10.0. The first-order valence-corrected chi connectivity index (χ1v) is 11.4. The van der Waals surface area contributed by atoms with Crippen LogP contribution in [0.2, 0.25) is 0 Å². The maximum Gasteiger partial charge on any atom is 0.247 e. The minimum Gasteiger partial charge on any atom is -0.487 e. The van der Waals surface area contributed by atoms with E-state index < -0.39 is 0 Å². The Hall–Kier alpha value is -4.91. The Balaban J connectivity index is 1.54. The SMILES string of the molecule is C=CC(=O)Nc1cccc(-c2cnc3[nH]cc(-c4cc(OC)ncc4OCc4ccccc4)c3c2)c1. The average molecular weight is 477 g/mol. The van der Waals surface area contributed by atoms with Crippen LogP contribution in [0.5, 0.6) is 11.6 Å². The number of amides is 1. The van der Waals surface area contributed by atoms with Crippen LogP contribution in [0.3, 0.4) is 0 Å². The average Bonchev–Trinajstić information content (AvgIpc) is 3.35. The maximum atomic E-state index is 11.7. The molecule has 0 bridgehead atoms. The van der Waals surface area contributed by atoms with Gasteiger partial charge in [-0.25, -0.2) is 9.97 Å². The van der Waals surface area contributed by atoms with Crippen LogP contribution in [-0.2, 0) is 11.4 Å². The lowest BCUT2D eigenvalue weighted by Crippen LogP contribution is -2.06. The number of aromatic nitrogens is 3. The van der Waals surface area contributed by atoms with E-state index in [1.807, 2.05) is 66.9 Å². The molecular weight excluding hydrogens is 452 g/mol. The molecule has 0 aliphatic carbocycles. The third-order valence-electron chi connectivity index (χ3n) is 5.76. The van der Waals surface area contributed by atoms with Gasteiger partial charge in [0, 0.05) is 46.2 Å². The third kappa shape index (κ3) is 4.81. The third-order valence-corrected chi connectivity index (χ3v) is 5.76. The van der Waals surface area contributed by atoms with Gasteiger partial charge in [-0.15, -0.1) is 0 Å².